The molecule has 0 unspecified atom stereocenters. The lowest BCUT2D eigenvalue weighted by molar-refractivity contribution is -0.123. The summed E-state index contributed by atoms with van der Waals surface area (Å²) in [7, 11) is 0. The van der Waals surface area contributed by atoms with Gasteiger partial charge in [-0.15, -0.1) is 0 Å². The summed E-state index contributed by atoms with van der Waals surface area (Å²) in [4.78, 5) is 19.1. The van der Waals surface area contributed by atoms with Gasteiger partial charge in [0.15, 0.2) is 5.82 Å². The molecule has 23 heavy (non-hydrogen) atoms. The molecule has 1 aromatic heterocycles. The summed E-state index contributed by atoms with van der Waals surface area (Å²) < 4.78 is 5.30. The zero-order valence-electron chi connectivity index (χ0n) is 15.2. The molecule has 1 N–H and O–H groups in total. The highest BCUT2D eigenvalue weighted by atomic mass is 16.5. The standard InChI is InChI=1S/C17H30N4O2/c1-11(2)21-9-7-8-13(21)10-14(22)18-12(3)15-19-16(20-23-15)17(4,5)6/h11-13H,7-10H2,1-6H3,(H,18,22)/t12-,13-/m1/s1. The van der Waals surface area contributed by atoms with Crippen LogP contribution in [0.25, 0.3) is 0 Å². The number of nitrogens with zero attached hydrogens (tertiary/aromatic N) is 3. The molecule has 1 aliphatic heterocycles. The first-order chi connectivity index (χ1) is 10.7. The van der Waals surface area contributed by atoms with E-state index >= 15 is 0 Å². The van der Waals surface area contributed by atoms with Gasteiger partial charge in [0.05, 0.1) is 0 Å². The van der Waals surface area contributed by atoms with Gasteiger partial charge >= 0.3 is 0 Å². The molecular formula is C17H30N4O2. The summed E-state index contributed by atoms with van der Waals surface area (Å²) in [6.07, 6.45) is 2.79. The molecule has 0 radical (unpaired) electrons. The number of carbonyl (C=O) groups excluding carboxylic acids is 1. The Morgan fingerprint density at radius 2 is 2.09 bits per heavy atom. The van der Waals surface area contributed by atoms with E-state index in [1.54, 1.807) is 0 Å². The maximum atomic E-state index is 12.3. The third kappa shape index (κ3) is 4.53. The van der Waals surface area contributed by atoms with E-state index in [4.69, 9.17) is 4.52 Å². The molecule has 1 aliphatic rings. The van der Waals surface area contributed by atoms with Gasteiger partial charge in [-0.2, -0.15) is 4.98 Å². The molecule has 0 bridgehead atoms. The summed E-state index contributed by atoms with van der Waals surface area (Å²) in [5.74, 6) is 1.18. The van der Waals surface area contributed by atoms with E-state index in [1.807, 2.05) is 27.7 Å². The molecule has 1 saturated heterocycles. The number of aromatic nitrogens is 2. The van der Waals surface area contributed by atoms with Crippen molar-refractivity contribution >= 4 is 5.91 Å². The third-order valence-corrected chi connectivity index (χ3v) is 4.37. The van der Waals surface area contributed by atoms with E-state index in [2.05, 4.69) is 34.2 Å². The molecule has 130 valence electrons. The van der Waals surface area contributed by atoms with Gasteiger partial charge in [-0.3, -0.25) is 9.69 Å². The lowest BCUT2D eigenvalue weighted by atomic mass is 9.96. The lowest BCUT2D eigenvalue weighted by Gasteiger charge is -2.28. The van der Waals surface area contributed by atoms with Crippen molar-refractivity contribution in [3.63, 3.8) is 0 Å². The molecule has 0 saturated carbocycles. The minimum Gasteiger partial charge on any atom is -0.345 e. The van der Waals surface area contributed by atoms with Crippen molar-refractivity contribution in [2.24, 2.45) is 0 Å². The van der Waals surface area contributed by atoms with Crippen LogP contribution < -0.4 is 5.32 Å². The van der Waals surface area contributed by atoms with Crippen LogP contribution in [0.3, 0.4) is 0 Å². The van der Waals surface area contributed by atoms with E-state index in [-0.39, 0.29) is 17.4 Å². The summed E-state index contributed by atoms with van der Waals surface area (Å²) in [6.45, 7) is 13.4. The highest BCUT2D eigenvalue weighted by Gasteiger charge is 2.29. The van der Waals surface area contributed by atoms with Gasteiger partial charge in [0.1, 0.15) is 6.04 Å². The molecule has 2 heterocycles. The van der Waals surface area contributed by atoms with E-state index in [1.165, 1.54) is 6.42 Å². The second-order valence-corrected chi connectivity index (χ2v) is 7.83. The number of nitrogens with one attached hydrogen (secondary N) is 1. The summed E-state index contributed by atoms with van der Waals surface area (Å²) in [5, 5.41) is 6.99. The van der Waals surface area contributed by atoms with Gasteiger partial charge in [0.25, 0.3) is 0 Å². The first-order valence-corrected chi connectivity index (χ1v) is 8.57. The van der Waals surface area contributed by atoms with Gasteiger partial charge in [-0.05, 0) is 40.2 Å². The Balaban J connectivity index is 1.91. The zero-order valence-corrected chi connectivity index (χ0v) is 15.2. The number of likely N-dealkylation sites (tertiary alicyclic amines) is 1. The average molecular weight is 322 g/mol. The predicted octanol–water partition coefficient (Wildman–Crippen LogP) is 2.81. The summed E-state index contributed by atoms with van der Waals surface area (Å²) in [6, 6.07) is 0.563. The Morgan fingerprint density at radius 1 is 1.39 bits per heavy atom. The molecule has 0 spiro atoms. The van der Waals surface area contributed by atoms with Gasteiger partial charge in [0, 0.05) is 23.9 Å². The second-order valence-electron chi connectivity index (χ2n) is 7.83. The molecule has 6 heteroatoms. The van der Waals surface area contributed by atoms with Crippen LogP contribution in [-0.4, -0.2) is 39.6 Å². The smallest absolute Gasteiger partial charge is 0.248 e. The van der Waals surface area contributed by atoms with Crippen LogP contribution in [0.15, 0.2) is 4.52 Å². The van der Waals surface area contributed by atoms with Crippen LogP contribution in [0.5, 0.6) is 0 Å². The predicted molar refractivity (Wildman–Crippen MR) is 89.0 cm³/mol. The van der Waals surface area contributed by atoms with E-state index in [0.717, 1.165) is 13.0 Å². The van der Waals surface area contributed by atoms with Crippen molar-refractivity contribution in [2.75, 3.05) is 6.54 Å². The average Bonchev–Trinajstić information content (AvgIpc) is 3.05. The quantitative estimate of drug-likeness (QED) is 0.902. The second kappa shape index (κ2) is 6.99. The van der Waals surface area contributed by atoms with Gasteiger partial charge in [-0.1, -0.05) is 25.9 Å². The van der Waals surface area contributed by atoms with Crippen molar-refractivity contribution in [3.8, 4) is 0 Å². The van der Waals surface area contributed by atoms with Crippen molar-refractivity contribution in [1.82, 2.24) is 20.4 Å². The Morgan fingerprint density at radius 3 is 2.65 bits per heavy atom. The van der Waals surface area contributed by atoms with Gasteiger partial charge in [0.2, 0.25) is 11.8 Å². The highest BCUT2D eigenvalue weighted by molar-refractivity contribution is 5.77. The maximum Gasteiger partial charge on any atom is 0.248 e. The lowest BCUT2D eigenvalue weighted by Crippen LogP contribution is -2.39. The van der Waals surface area contributed by atoms with Gasteiger partial charge in [-0.25, -0.2) is 0 Å². The fourth-order valence-corrected chi connectivity index (χ4v) is 3.05. The fourth-order valence-electron chi connectivity index (χ4n) is 3.05. The molecule has 0 aliphatic carbocycles. The Bertz CT molecular complexity index is 533. The summed E-state index contributed by atoms with van der Waals surface area (Å²) >= 11 is 0. The van der Waals surface area contributed by atoms with Crippen molar-refractivity contribution in [1.29, 1.82) is 0 Å². The molecule has 2 rings (SSSR count). The van der Waals surface area contributed by atoms with Crippen LogP contribution in [0, 0.1) is 0 Å². The summed E-state index contributed by atoms with van der Waals surface area (Å²) in [5.41, 5.74) is -0.160. The number of rotatable bonds is 5. The molecule has 1 amide bonds. The third-order valence-electron chi connectivity index (χ3n) is 4.37. The van der Waals surface area contributed by atoms with E-state index in [0.29, 0.717) is 30.2 Å². The molecule has 1 aromatic rings. The van der Waals surface area contributed by atoms with Crippen LogP contribution in [0.2, 0.25) is 0 Å². The number of hydrogen-bond donors (Lipinski definition) is 1. The number of carbonyl (C=O) groups is 1. The fraction of sp³-hybridized carbons (Fsp3) is 0.824. The van der Waals surface area contributed by atoms with Crippen molar-refractivity contribution in [2.45, 2.75) is 84.3 Å². The Labute approximate surface area is 139 Å². The molecule has 0 aromatic carbocycles. The number of amides is 1. The SMILES string of the molecule is CC(C)N1CCC[C@@H]1CC(=O)N[C@H](C)c1nc(C(C)(C)C)no1. The minimum atomic E-state index is -0.264. The van der Waals surface area contributed by atoms with E-state index < -0.39 is 0 Å². The van der Waals surface area contributed by atoms with Crippen LogP contribution in [-0.2, 0) is 10.2 Å². The van der Waals surface area contributed by atoms with Crippen LogP contribution in [0.4, 0.5) is 0 Å². The van der Waals surface area contributed by atoms with Gasteiger partial charge < -0.3 is 9.84 Å². The van der Waals surface area contributed by atoms with Crippen LogP contribution in [0.1, 0.15) is 78.6 Å². The molecule has 1 fully saturated rings. The van der Waals surface area contributed by atoms with Crippen molar-refractivity contribution < 1.29 is 9.32 Å². The van der Waals surface area contributed by atoms with Crippen molar-refractivity contribution in [3.05, 3.63) is 11.7 Å². The largest absolute Gasteiger partial charge is 0.345 e. The zero-order chi connectivity index (χ0) is 17.2. The first kappa shape index (κ1) is 17.9. The normalized spacial score (nSPS) is 20.9. The monoisotopic (exact) mass is 322 g/mol. The number of hydrogen-bond acceptors (Lipinski definition) is 5. The minimum absolute atomic E-state index is 0.0468. The Hall–Kier alpha value is -1.43. The van der Waals surface area contributed by atoms with Crippen LogP contribution >= 0.6 is 0 Å². The molecule has 6 nitrogen and oxygen atoms in total. The molecular weight excluding hydrogens is 292 g/mol. The topological polar surface area (TPSA) is 71.3 Å². The first-order valence-electron chi connectivity index (χ1n) is 8.57. The van der Waals surface area contributed by atoms with E-state index in [9.17, 15) is 4.79 Å². The molecule has 2 atom stereocenters. The highest BCUT2D eigenvalue weighted by Crippen LogP contribution is 2.23. The maximum absolute atomic E-state index is 12.3. The Kier molecular flexibility index (Phi) is 5.45.